The summed E-state index contributed by atoms with van der Waals surface area (Å²) >= 11 is 0. The third kappa shape index (κ3) is 4.46. The molecule has 0 spiro atoms. The number of hydrogen-bond donors (Lipinski definition) is 2. The first-order valence-corrected chi connectivity index (χ1v) is 10.9. The topological polar surface area (TPSA) is 112 Å². The van der Waals surface area contributed by atoms with Crippen LogP contribution < -0.4 is 15.8 Å². The van der Waals surface area contributed by atoms with E-state index in [1.165, 1.54) is 12.1 Å². The van der Waals surface area contributed by atoms with Gasteiger partial charge in [-0.15, -0.1) is 5.10 Å². The van der Waals surface area contributed by atoms with E-state index in [2.05, 4.69) is 25.4 Å². The molecule has 11 heteroatoms. The summed E-state index contributed by atoms with van der Waals surface area (Å²) in [6, 6.07) is 6.49. The van der Waals surface area contributed by atoms with Gasteiger partial charge in [-0.3, -0.25) is 0 Å². The predicted octanol–water partition coefficient (Wildman–Crippen LogP) is 4.37. The van der Waals surface area contributed by atoms with Gasteiger partial charge in [0.15, 0.2) is 11.5 Å². The summed E-state index contributed by atoms with van der Waals surface area (Å²) in [6.45, 7) is 3.47. The Morgan fingerprint density at radius 2 is 2.21 bits per heavy atom. The smallest absolute Gasteiger partial charge is 0.318 e. The van der Waals surface area contributed by atoms with Crippen LogP contribution in [0.2, 0.25) is 0 Å². The molecule has 0 radical (unpaired) electrons. The Hall–Kier alpha value is -3.86. The second-order valence-corrected chi connectivity index (χ2v) is 8.14. The monoisotopic (exact) mass is 473 g/mol. The summed E-state index contributed by atoms with van der Waals surface area (Å²) < 4.78 is 40.5. The van der Waals surface area contributed by atoms with Crippen LogP contribution in [0.4, 0.5) is 20.4 Å². The molecule has 182 valence electrons. The number of nitrogens with zero attached hydrogens (tertiary/aromatic N) is 5. The predicted molar refractivity (Wildman–Crippen MR) is 128 cm³/mol. The Morgan fingerprint density at radius 1 is 1.32 bits per heavy atom. The molecule has 9 nitrogen and oxygen atoms in total. The van der Waals surface area contributed by atoms with Crippen molar-refractivity contribution in [1.29, 1.82) is 0 Å². The van der Waals surface area contributed by atoms with Crippen LogP contribution >= 0.6 is 0 Å². The van der Waals surface area contributed by atoms with Crippen LogP contribution in [0.1, 0.15) is 29.2 Å². The van der Waals surface area contributed by atoms with Crippen LogP contribution in [0.15, 0.2) is 42.7 Å². The lowest BCUT2D eigenvalue weighted by Crippen LogP contribution is -2.15. The number of nitrogens with one attached hydrogen (secondary N) is 1. The minimum atomic E-state index is -0.650. The Bertz CT molecular complexity index is 1340. The Kier molecular flexibility index (Phi) is 5.93. The molecule has 0 bridgehead atoms. The van der Waals surface area contributed by atoms with Crippen molar-refractivity contribution in [2.24, 2.45) is 5.92 Å². The number of benzene rings is 1. The van der Waals surface area contributed by atoms with Gasteiger partial charge < -0.3 is 20.5 Å². The summed E-state index contributed by atoms with van der Waals surface area (Å²) in [5.74, 6) is -0.409. The molecule has 1 aromatic carbocycles. The number of aromatic nitrogens is 5. The van der Waals surface area contributed by atoms with Crippen molar-refractivity contribution in [2.75, 3.05) is 30.9 Å². The van der Waals surface area contributed by atoms with E-state index in [9.17, 15) is 8.78 Å². The van der Waals surface area contributed by atoms with E-state index in [4.69, 9.17) is 15.2 Å². The Morgan fingerprint density at radius 3 is 3.00 bits per heavy atom. The molecular weight excluding hydrogens is 444 g/mol. The quantitative estimate of drug-likeness (QED) is 0.407. The highest BCUT2D eigenvalue weighted by molar-refractivity contribution is 5.85. The van der Waals surface area contributed by atoms with E-state index in [-0.39, 0.29) is 22.0 Å². The lowest BCUT2D eigenvalue weighted by atomic mass is 10.1. The van der Waals surface area contributed by atoms with E-state index in [1.54, 1.807) is 36.0 Å². The van der Waals surface area contributed by atoms with E-state index in [0.29, 0.717) is 48.1 Å². The van der Waals surface area contributed by atoms with Gasteiger partial charge in [0.2, 0.25) is 0 Å². The molecule has 2 atom stereocenters. The number of anilines is 2. The Balaban J connectivity index is 0.00000160. The summed E-state index contributed by atoms with van der Waals surface area (Å²) in [5.41, 5.74) is 7.99. The van der Waals surface area contributed by atoms with Gasteiger partial charge in [-0.2, -0.15) is 9.97 Å². The zero-order chi connectivity index (χ0) is 23.7. The van der Waals surface area contributed by atoms with Crippen LogP contribution in [0, 0.1) is 17.6 Å². The van der Waals surface area contributed by atoms with Crippen LogP contribution in [-0.4, -0.2) is 44.4 Å². The lowest BCUT2D eigenvalue weighted by molar-refractivity contribution is 0.163. The summed E-state index contributed by atoms with van der Waals surface area (Å²) in [4.78, 5) is 13.4. The van der Waals surface area contributed by atoms with Crippen molar-refractivity contribution >= 4 is 17.3 Å². The van der Waals surface area contributed by atoms with E-state index >= 15 is 0 Å². The lowest BCUT2D eigenvalue weighted by Gasteiger charge is -2.17. The Labute approximate surface area is 198 Å². The highest BCUT2D eigenvalue weighted by Crippen LogP contribution is 2.31. The average Bonchev–Trinajstić information content (AvgIpc) is 3.44. The number of halogens is 2. The first-order chi connectivity index (χ1) is 16.5. The van der Waals surface area contributed by atoms with Crippen molar-refractivity contribution in [3.63, 3.8) is 0 Å². The number of hydrogen-bond acceptors (Lipinski definition) is 8. The van der Waals surface area contributed by atoms with E-state index in [0.717, 1.165) is 12.5 Å². The number of nitrogens with two attached hydrogens (primary N) is 1. The zero-order valence-corrected chi connectivity index (χ0v) is 18.4. The molecule has 3 N–H and O–H groups in total. The molecule has 1 aliphatic rings. The highest BCUT2D eigenvalue weighted by atomic mass is 19.1. The second-order valence-electron chi connectivity index (χ2n) is 8.14. The minimum absolute atomic E-state index is 0. The van der Waals surface area contributed by atoms with Crippen molar-refractivity contribution in [3.8, 4) is 17.3 Å². The van der Waals surface area contributed by atoms with Gasteiger partial charge in [0.1, 0.15) is 17.5 Å². The molecular formula is C23H29F2N7O2. The maximum atomic E-state index is 14.3. The highest BCUT2D eigenvalue weighted by Gasteiger charge is 2.21. The SMILES string of the molecule is C[C@H](Nc1cc(-c2c(N)nn3cccnc23)nc(OCC2CCOC2)n1)c1ccc(F)cc1F.[HH].[HH].[HH]. The van der Waals surface area contributed by atoms with E-state index in [1.807, 2.05) is 0 Å². The minimum Gasteiger partial charge on any atom is -0.463 e. The van der Waals surface area contributed by atoms with Gasteiger partial charge >= 0.3 is 6.01 Å². The number of ether oxygens (including phenoxy) is 2. The van der Waals surface area contributed by atoms with Crippen LogP contribution in [0.5, 0.6) is 6.01 Å². The van der Waals surface area contributed by atoms with Gasteiger partial charge in [0, 0.05) is 46.9 Å². The maximum absolute atomic E-state index is 14.3. The fourth-order valence-corrected chi connectivity index (χ4v) is 3.90. The summed E-state index contributed by atoms with van der Waals surface area (Å²) in [6.07, 6.45) is 4.27. The zero-order valence-electron chi connectivity index (χ0n) is 18.4. The third-order valence-electron chi connectivity index (χ3n) is 5.65. The molecule has 1 fully saturated rings. The maximum Gasteiger partial charge on any atom is 0.318 e. The van der Waals surface area contributed by atoms with Crippen molar-refractivity contribution in [3.05, 3.63) is 59.9 Å². The van der Waals surface area contributed by atoms with Gasteiger partial charge in [-0.25, -0.2) is 18.3 Å². The first-order valence-electron chi connectivity index (χ1n) is 10.9. The molecule has 3 aromatic heterocycles. The van der Waals surface area contributed by atoms with Crippen LogP contribution in [0.25, 0.3) is 16.9 Å². The second kappa shape index (κ2) is 9.18. The number of nitrogen functional groups attached to an aromatic ring is 1. The summed E-state index contributed by atoms with van der Waals surface area (Å²) in [7, 11) is 0. The molecule has 5 rings (SSSR count). The largest absolute Gasteiger partial charge is 0.463 e. The number of fused-ring (bicyclic) bond motifs is 1. The molecule has 1 aliphatic heterocycles. The van der Waals surface area contributed by atoms with Gasteiger partial charge in [-0.05, 0) is 25.5 Å². The molecule has 4 aromatic rings. The number of rotatable bonds is 7. The van der Waals surface area contributed by atoms with Crippen LogP contribution in [-0.2, 0) is 4.74 Å². The molecule has 0 amide bonds. The molecule has 0 aliphatic carbocycles. The fraction of sp³-hybridized carbons (Fsp3) is 0.304. The molecule has 0 saturated carbocycles. The van der Waals surface area contributed by atoms with Crippen LogP contribution in [0.3, 0.4) is 0 Å². The van der Waals surface area contributed by atoms with Gasteiger partial charge in [-0.1, -0.05) is 6.07 Å². The van der Waals surface area contributed by atoms with Gasteiger partial charge in [0.25, 0.3) is 0 Å². The normalized spacial score (nSPS) is 16.6. The standard InChI is InChI=1S/C23H23F2N7O2.3H2/c1-13(16-4-3-15(24)9-17(16)25)28-19-10-18(20-21(26)31-32-7-2-6-27-22(20)32)29-23(30-19)34-12-14-5-8-33-11-14;;;/h2-4,6-7,9-10,13-14H,5,8,11-12H2,1H3,(H2,26,31)(H,28,29,30);3*1H/t13-,14?;;;/m0.../s1. The molecule has 1 unspecified atom stereocenters. The average molecular weight is 474 g/mol. The van der Waals surface area contributed by atoms with Crippen molar-refractivity contribution in [1.82, 2.24) is 24.6 Å². The van der Waals surface area contributed by atoms with Gasteiger partial charge in [0.05, 0.1) is 30.5 Å². The molecule has 4 heterocycles. The van der Waals surface area contributed by atoms with Crippen molar-refractivity contribution < 1.29 is 22.5 Å². The first kappa shape index (κ1) is 22.0. The summed E-state index contributed by atoms with van der Waals surface area (Å²) in [5, 5.41) is 7.44. The molecule has 34 heavy (non-hydrogen) atoms. The van der Waals surface area contributed by atoms with E-state index < -0.39 is 17.7 Å². The third-order valence-corrected chi connectivity index (χ3v) is 5.65. The van der Waals surface area contributed by atoms with Crippen molar-refractivity contribution in [2.45, 2.75) is 19.4 Å². The molecule has 1 saturated heterocycles. The fourth-order valence-electron chi connectivity index (χ4n) is 3.90.